The third-order valence-corrected chi connectivity index (χ3v) is 2.63. The summed E-state index contributed by atoms with van der Waals surface area (Å²) >= 11 is 0. The molecule has 0 aliphatic rings. The summed E-state index contributed by atoms with van der Waals surface area (Å²) < 4.78 is 0. The van der Waals surface area contributed by atoms with Crippen LogP contribution < -0.4 is 34.0 Å². The van der Waals surface area contributed by atoms with Crippen molar-refractivity contribution in [2.75, 3.05) is 0 Å². The van der Waals surface area contributed by atoms with Crippen LogP contribution in [-0.2, 0) is 26.2 Å². The van der Waals surface area contributed by atoms with Gasteiger partial charge >= 0.3 is 26.2 Å². The Morgan fingerprint density at radius 1 is 0.800 bits per heavy atom. The van der Waals surface area contributed by atoms with Gasteiger partial charge in [0.25, 0.3) is 0 Å². The van der Waals surface area contributed by atoms with Crippen molar-refractivity contribution in [2.45, 2.75) is 40.8 Å². The Labute approximate surface area is 168 Å². The molecule has 0 fully saturated rings. The van der Waals surface area contributed by atoms with E-state index in [1.807, 2.05) is 0 Å². The first kappa shape index (κ1) is 28.9. The summed E-state index contributed by atoms with van der Waals surface area (Å²) in [5.74, 6) is 0. The van der Waals surface area contributed by atoms with E-state index >= 15 is 0 Å². The molecule has 0 bridgehead atoms. The second kappa shape index (κ2) is 17.8. The average molecular weight is 496 g/mol. The second-order valence-corrected chi connectivity index (χ2v) is 5.52. The zero-order valence-corrected chi connectivity index (χ0v) is 20.1. The van der Waals surface area contributed by atoms with Crippen molar-refractivity contribution in [2.24, 2.45) is 0 Å². The molecule has 0 saturated carbocycles. The van der Waals surface area contributed by atoms with Crippen molar-refractivity contribution in [3.8, 4) is 0 Å². The SMILES string of the molecule is C[SiH]C.Cc1ccc[c-]1C.Cc1ccc[c-]1C.[Br-].[Br-].[Zr+4]. The fourth-order valence-corrected chi connectivity index (χ4v) is 1.20. The minimum absolute atomic E-state index is 0. The van der Waals surface area contributed by atoms with Crippen LogP contribution in [0.2, 0.25) is 13.1 Å². The standard InChI is InChI=1S/2C7H9.C2H7Si.2BrH.Zr/c2*1-6-4-3-5-7(6)2;1-3-2;;;/h2*3-5H,1-2H3;3H,1-2H3;2*1H;/q2*-1;;;;+4/p-2. The van der Waals surface area contributed by atoms with Crippen LogP contribution in [0.4, 0.5) is 0 Å². The van der Waals surface area contributed by atoms with Crippen LogP contribution in [-0.4, -0.2) is 9.52 Å². The van der Waals surface area contributed by atoms with E-state index in [1.165, 1.54) is 22.3 Å². The first-order valence-electron chi connectivity index (χ1n) is 6.14. The van der Waals surface area contributed by atoms with Crippen LogP contribution in [0.3, 0.4) is 0 Å². The van der Waals surface area contributed by atoms with Gasteiger partial charge in [0, 0.05) is 9.52 Å². The molecule has 0 heterocycles. The summed E-state index contributed by atoms with van der Waals surface area (Å²) in [7, 11) is 0.750. The van der Waals surface area contributed by atoms with E-state index in [1.54, 1.807) is 0 Å². The Kier molecular flexibility index (Phi) is 25.7. The molecule has 2 aromatic rings. The molecule has 1 radical (unpaired) electrons. The summed E-state index contributed by atoms with van der Waals surface area (Å²) in [6.45, 7) is 12.9. The molecule has 111 valence electrons. The molecule has 0 aromatic heterocycles. The van der Waals surface area contributed by atoms with Gasteiger partial charge in [0.2, 0.25) is 0 Å². The van der Waals surface area contributed by atoms with Crippen LogP contribution in [0.1, 0.15) is 22.3 Å². The van der Waals surface area contributed by atoms with Crippen molar-refractivity contribution in [3.05, 3.63) is 58.7 Å². The summed E-state index contributed by atoms with van der Waals surface area (Å²) in [5, 5.41) is 0. The molecule has 2 rings (SSSR count). The predicted molar refractivity (Wildman–Crippen MR) is 81.9 cm³/mol. The van der Waals surface area contributed by atoms with Crippen molar-refractivity contribution >= 4 is 9.52 Å². The first-order valence-corrected chi connectivity index (χ1v) is 8.45. The monoisotopic (exact) mass is 493 g/mol. The van der Waals surface area contributed by atoms with Gasteiger partial charge in [-0.2, -0.15) is 34.4 Å². The van der Waals surface area contributed by atoms with Crippen molar-refractivity contribution in [1.29, 1.82) is 0 Å². The van der Waals surface area contributed by atoms with Gasteiger partial charge in [-0.1, -0.05) is 40.8 Å². The molecular weight excluding hydrogens is 471 g/mol. The van der Waals surface area contributed by atoms with E-state index in [-0.39, 0.29) is 60.2 Å². The summed E-state index contributed by atoms with van der Waals surface area (Å²) in [6, 6.07) is 12.6. The molecule has 0 N–H and O–H groups in total. The van der Waals surface area contributed by atoms with E-state index in [2.05, 4.69) is 77.2 Å². The predicted octanol–water partition coefficient (Wildman–Crippen LogP) is -1.43. The smallest absolute Gasteiger partial charge is 1.00 e. The first-order chi connectivity index (χ1) is 8.02. The normalized spacial score (nSPS) is 7.50. The zero-order valence-electron chi connectivity index (χ0n) is 13.3. The molecule has 0 atom stereocenters. The van der Waals surface area contributed by atoms with E-state index in [0.29, 0.717) is 0 Å². The number of rotatable bonds is 0. The third-order valence-electron chi connectivity index (χ3n) is 2.63. The van der Waals surface area contributed by atoms with Gasteiger partial charge in [-0.15, -0.1) is 0 Å². The van der Waals surface area contributed by atoms with Gasteiger partial charge in [0.15, 0.2) is 0 Å². The van der Waals surface area contributed by atoms with E-state index < -0.39 is 0 Å². The van der Waals surface area contributed by atoms with Crippen molar-refractivity contribution < 1.29 is 60.2 Å². The molecule has 0 amide bonds. The summed E-state index contributed by atoms with van der Waals surface area (Å²) in [6.07, 6.45) is 0. The van der Waals surface area contributed by atoms with Gasteiger partial charge in [0.1, 0.15) is 0 Å². The molecular formula is C16H25Br2SiZr. The van der Waals surface area contributed by atoms with Crippen LogP contribution in [0.25, 0.3) is 0 Å². The van der Waals surface area contributed by atoms with Gasteiger partial charge in [-0.05, 0) is 0 Å². The minimum Gasteiger partial charge on any atom is -1.00 e. The fraction of sp³-hybridized carbons (Fsp3) is 0.375. The van der Waals surface area contributed by atoms with E-state index in [0.717, 1.165) is 9.52 Å². The number of aryl methyl sites for hydroxylation is 4. The second-order valence-electron chi connectivity index (χ2n) is 4.36. The van der Waals surface area contributed by atoms with Crippen LogP contribution in [0.5, 0.6) is 0 Å². The molecule has 0 aliphatic heterocycles. The Balaban J connectivity index is -0.0000000956. The zero-order chi connectivity index (χ0) is 13.3. The average Bonchev–Trinajstić information content (AvgIpc) is 2.81. The van der Waals surface area contributed by atoms with Crippen LogP contribution in [0, 0.1) is 27.7 Å². The Morgan fingerprint density at radius 3 is 1.10 bits per heavy atom. The van der Waals surface area contributed by atoms with Gasteiger partial charge < -0.3 is 34.0 Å². The molecule has 0 nitrogen and oxygen atoms in total. The maximum Gasteiger partial charge on any atom is 4.00 e. The van der Waals surface area contributed by atoms with Gasteiger partial charge in [-0.25, -0.2) is 24.3 Å². The van der Waals surface area contributed by atoms with Gasteiger partial charge in [0.05, 0.1) is 0 Å². The quantitative estimate of drug-likeness (QED) is 0.310. The molecule has 0 spiro atoms. The summed E-state index contributed by atoms with van der Waals surface area (Å²) in [4.78, 5) is 0. The van der Waals surface area contributed by atoms with Crippen molar-refractivity contribution in [3.63, 3.8) is 0 Å². The molecule has 0 unspecified atom stereocenters. The van der Waals surface area contributed by atoms with E-state index in [9.17, 15) is 0 Å². The Morgan fingerprint density at radius 2 is 1.05 bits per heavy atom. The van der Waals surface area contributed by atoms with Gasteiger partial charge in [-0.3, -0.25) is 0 Å². The topological polar surface area (TPSA) is 0 Å². The maximum absolute atomic E-state index is 2.21. The Bertz CT molecular complexity index is 337. The minimum atomic E-state index is 0. The van der Waals surface area contributed by atoms with Crippen LogP contribution >= 0.6 is 0 Å². The number of hydrogen-bond acceptors (Lipinski definition) is 0. The van der Waals surface area contributed by atoms with E-state index in [4.69, 9.17) is 0 Å². The molecule has 20 heavy (non-hydrogen) atoms. The maximum atomic E-state index is 2.21. The third kappa shape index (κ3) is 13.7. The van der Waals surface area contributed by atoms with Crippen LogP contribution in [0.15, 0.2) is 36.4 Å². The largest absolute Gasteiger partial charge is 4.00 e. The van der Waals surface area contributed by atoms with Crippen molar-refractivity contribution in [1.82, 2.24) is 0 Å². The molecule has 0 aliphatic carbocycles. The fourth-order valence-electron chi connectivity index (χ4n) is 1.20. The summed E-state index contributed by atoms with van der Waals surface area (Å²) in [5.41, 5.74) is 5.56. The molecule has 0 saturated heterocycles. The number of halogens is 2. The molecule has 4 heteroatoms. The Hall–Kier alpha value is 0.760. The molecule has 2 aromatic carbocycles. The number of hydrogen-bond donors (Lipinski definition) is 0.